The molecule has 0 unspecified atom stereocenters. The number of carbonyl (C=O) groups is 1. The summed E-state index contributed by atoms with van der Waals surface area (Å²) in [6.07, 6.45) is 2.14. The number of rotatable bonds is 3. The maximum Gasteiger partial charge on any atom is 0.266 e. The SMILES string of the molecule is CO[C@@H]1CCOC[C@H]1NC(=O)c1cnc2cc(=O)[nH]n2c1C. The number of methoxy groups -OCH3 is 1. The molecule has 0 aromatic carbocycles. The fraction of sp³-hybridized carbons (Fsp3) is 0.500. The van der Waals surface area contributed by atoms with Gasteiger partial charge < -0.3 is 14.8 Å². The van der Waals surface area contributed by atoms with Crippen molar-refractivity contribution in [2.75, 3.05) is 20.3 Å². The van der Waals surface area contributed by atoms with Gasteiger partial charge in [-0.1, -0.05) is 0 Å². The van der Waals surface area contributed by atoms with Gasteiger partial charge in [0.2, 0.25) is 0 Å². The number of H-pyrrole nitrogens is 1. The van der Waals surface area contributed by atoms with Crippen LogP contribution in [0.3, 0.4) is 0 Å². The first-order valence-corrected chi connectivity index (χ1v) is 7.09. The summed E-state index contributed by atoms with van der Waals surface area (Å²) in [5, 5.41) is 5.53. The van der Waals surface area contributed by atoms with Crippen molar-refractivity contribution in [1.29, 1.82) is 0 Å². The van der Waals surface area contributed by atoms with Gasteiger partial charge in [0.05, 0.1) is 30.0 Å². The Morgan fingerprint density at radius 3 is 3.18 bits per heavy atom. The molecule has 0 spiro atoms. The van der Waals surface area contributed by atoms with Gasteiger partial charge in [-0.15, -0.1) is 0 Å². The normalized spacial score (nSPS) is 21.9. The molecule has 0 aliphatic carbocycles. The van der Waals surface area contributed by atoms with Crippen molar-refractivity contribution in [2.24, 2.45) is 0 Å². The molecule has 1 aliphatic heterocycles. The van der Waals surface area contributed by atoms with Crippen molar-refractivity contribution < 1.29 is 14.3 Å². The summed E-state index contributed by atoms with van der Waals surface area (Å²) >= 11 is 0. The summed E-state index contributed by atoms with van der Waals surface area (Å²) in [5.41, 5.74) is 1.25. The zero-order valence-electron chi connectivity index (χ0n) is 12.5. The quantitative estimate of drug-likeness (QED) is 0.823. The van der Waals surface area contributed by atoms with Crippen LogP contribution in [-0.2, 0) is 9.47 Å². The lowest BCUT2D eigenvalue weighted by atomic mass is 10.1. The van der Waals surface area contributed by atoms with E-state index in [0.717, 1.165) is 6.42 Å². The van der Waals surface area contributed by atoms with Gasteiger partial charge in [-0.05, 0) is 13.3 Å². The summed E-state index contributed by atoms with van der Waals surface area (Å²) in [7, 11) is 1.62. The first-order chi connectivity index (χ1) is 10.6. The molecule has 118 valence electrons. The highest BCUT2D eigenvalue weighted by Crippen LogP contribution is 2.13. The Morgan fingerprint density at radius 2 is 2.41 bits per heavy atom. The number of amides is 1. The smallest absolute Gasteiger partial charge is 0.266 e. The number of fused-ring (bicyclic) bond motifs is 1. The van der Waals surface area contributed by atoms with E-state index in [1.807, 2.05) is 0 Å². The number of nitrogens with zero attached hydrogens (tertiary/aromatic N) is 2. The van der Waals surface area contributed by atoms with E-state index in [4.69, 9.17) is 9.47 Å². The maximum atomic E-state index is 12.5. The zero-order chi connectivity index (χ0) is 15.7. The van der Waals surface area contributed by atoms with Gasteiger partial charge in [0.25, 0.3) is 11.5 Å². The van der Waals surface area contributed by atoms with Crippen LogP contribution in [0.2, 0.25) is 0 Å². The number of hydrogen-bond acceptors (Lipinski definition) is 5. The largest absolute Gasteiger partial charge is 0.379 e. The van der Waals surface area contributed by atoms with Crippen LogP contribution < -0.4 is 10.9 Å². The Hall–Kier alpha value is -2.19. The summed E-state index contributed by atoms with van der Waals surface area (Å²) in [6, 6.07) is 1.18. The number of carbonyl (C=O) groups excluding carboxylic acids is 1. The Kier molecular flexibility index (Phi) is 3.95. The third-order valence-corrected chi connectivity index (χ3v) is 3.92. The van der Waals surface area contributed by atoms with Crippen molar-refractivity contribution in [1.82, 2.24) is 19.9 Å². The van der Waals surface area contributed by atoms with Gasteiger partial charge >= 0.3 is 0 Å². The van der Waals surface area contributed by atoms with Crippen molar-refractivity contribution in [2.45, 2.75) is 25.5 Å². The molecule has 2 atom stereocenters. The Morgan fingerprint density at radius 1 is 1.59 bits per heavy atom. The molecule has 2 N–H and O–H groups in total. The predicted octanol–water partition coefficient (Wildman–Crippen LogP) is -0.135. The van der Waals surface area contributed by atoms with Gasteiger partial charge in [0.1, 0.15) is 0 Å². The predicted molar refractivity (Wildman–Crippen MR) is 78.0 cm³/mol. The number of nitrogens with one attached hydrogen (secondary N) is 2. The molecule has 1 saturated heterocycles. The summed E-state index contributed by atoms with van der Waals surface area (Å²) in [6.45, 7) is 2.80. The van der Waals surface area contributed by atoms with E-state index in [2.05, 4.69) is 15.4 Å². The van der Waals surface area contributed by atoms with E-state index < -0.39 is 0 Å². The molecule has 2 aromatic heterocycles. The van der Waals surface area contributed by atoms with Crippen LogP contribution in [0.5, 0.6) is 0 Å². The summed E-state index contributed by atoms with van der Waals surface area (Å²) in [4.78, 5) is 28.0. The molecule has 3 heterocycles. The Bertz CT molecular complexity index is 751. The van der Waals surface area contributed by atoms with Crippen molar-refractivity contribution in [3.63, 3.8) is 0 Å². The minimum atomic E-state index is -0.265. The Labute approximate surface area is 126 Å². The third-order valence-electron chi connectivity index (χ3n) is 3.92. The van der Waals surface area contributed by atoms with Gasteiger partial charge in [-0.25, -0.2) is 9.50 Å². The molecule has 3 rings (SSSR count). The molecule has 1 amide bonds. The molecule has 0 saturated carbocycles. The second kappa shape index (κ2) is 5.90. The average molecular weight is 306 g/mol. The second-order valence-electron chi connectivity index (χ2n) is 5.29. The topological polar surface area (TPSA) is 97.7 Å². The highest BCUT2D eigenvalue weighted by Gasteiger charge is 2.28. The molecule has 8 nitrogen and oxygen atoms in total. The van der Waals surface area contributed by atoms with Crippen LogP contribution in [0.1, 0.15) is 22.5 Å². The van der Waals surface area contributed by atoms with E-state index in [0.29, 0.717) is 30.1 Å². The molecule has 2 aromatic rings. The summed E-state index contributed by atoms with van der Waals surface area (Å²) < 4.78 is 12.3. The second-order valence-corrected chi connectivity index (χ2v) is 5.29. The molecule has 1 fully saturated rings. The molecule has 1 aliphatic rings. The molecule has 0 bridgehead atoms. The lowest BCUT2D eigenvalue weighted by Gasteiger charge is -2.31. The molecule has 0 radical (unpaired) electrons. The van der Waals surface area contributed by atoms with Gasteiger partial charge in [-0.3, -0.25) is 14.7 Å². The first kappa shape index (κ1) is 14.7. The van der Waals surface area contributed by atoms with Crippen LogP contribution in [0, 0.1) is 6.92 Å². The number of aryl methyl sites for hydroxylation is 1. The van der Waals surface area contributed by atoms with Crippen LogP contribution >= 0.6 is 0 Å². The number of aromatic amines is 1. The van der Waals surface area contributed by atoms with Crippen LogP contribution in [0.25, 0.3) is 5.65 Å². The highest BCUT2D eigenvalue weighted by atomic mass is 16.5. The van der Waals surface area contributed by atoms with Crippen LogP contribution in [0.4, 0.5) is 0 Å². The van der Waals surface area contributed by atoms with E-state index in [9.17, 15) is 9.59 Å². The first-order valence-electron chi connectivity index (χ1n) is 7.09. The standard InChI is InChI=1S/C14H18N4O4/c1-8-9(6-15-12-5-13(19)17-18(8)12)14(20)16-10-7-22-4-3-11(10)21-2/h5-6,10-11H,3-4,7H2,1-2H3,(H,16,20)(H,17,19)/t10-,11-/m1/s1. The fourth-order valence-electron chi connectivity index (χ4n) is 2.68. The molecular weight excluding hydrogens is 288 g/mol. The summed E-state index contributed by atoms with van der Waals surface area (Å²) in [5.74, 6) is -0.265. The number of aromatic nitrogens is 3. The van der Waals surface area contributed by atoms with Crippen LogP contribution in [0.15, 0.2) is 17.1 Å². The average Bonchev–Trinajstić information content (AvgIpc) is 2.89. The highest BCUT2D eigenvalue weighted by molar-refractivity contribution is 5.95. The van der Waals surface area contributed by atoms with Crippen molar-refractivity contribution >= 4 is 11.6 Å². The van der Waals surface area contributed by atoms with Gasteiger partial charge in [-0.2, -0.15) is 0 Å². The minimum Gasteiger partial charge on any atom is -0.379 e. The van der Waals surface area contributed by atoms with Crippen molar-refractivity contribution in [3.05, 3.63) is 33.9 Å². The van der Waals surface area contributed by atoms with E-state index >= 15 is 0 Å². The van der Waals surface area contributed by atoms with Gasteiger partial charge in [0, 0.05) is 26.0 Å². The van der Waals surface area contributed by atoms with E-state index in [-0.39, 0.29) is 23.6 Å². The third kappa shape index (κ3) is 2.62. The monoisotopic (exact) mass is 306 g/mol. The van der Waals surface area contributed by atoms with E-state index in [1.54, 1.807) is 14.0 Å². The molecular formula is C14H18N4O4. The number of hydrogen-bond donors (Lipinski definition) is 2. The lowest BCUT2D eigenvalue weighted by Crippen LogP contribution is -2.50. The van der Waals surface area contributed by atoms with Gasteiger partial charge in [0.15, 0.2) is 5.65 Å². The van der Waals surface area contributed by atoms with Crippen LogP contribution in [-0.4, -0.2) is 53.0 Å². The fourth-order valence-corrected chi connectivity index (χ4v) is 2.68. The molecule has 8 heteroatoms. The van der Waals surface area contributed by atoms with Crippen molar-refractivity contribution in [3.8, 4) is 0 Å². The zero-order valence-corrected chi connectivity index (χ0v) is 12.5. The Balaban J connectivity index is 1.85. The number of ether oxygens (including phenoxy) is 2. The minimum absolute atomic E-state index is 0.0684. The van der Waals surface area contributed by atoms with E-state index in [1.165, 1.54) is 16.8 Å². The maximum absolute atomic E-state index is 12.5. The lowest BCUT2D eigenvalue weighted by molar-refractivity contribution is -0.0349. The molecule has 22 heavy (non-hydrogen) atoms.